The highest BCUT2D eigenvalue weighted by Crippen LogP contribution is 2.18. The van der Waals surface area contributed by atoms with E-state index in [2.05, 4.69) is 20.6 Å². The van der Waals surface area contributed by atoms with Crippen molar-refractivity contribution in [1.29, 1.82) is 0 Å². The van der Waals surface area contributed by atoms with E-state index in [4.69, 9.17) is 9.47 Å². The molecule has 1 aromatic heterocycles. The number of hydrogen-bond acceptors (Lipinski definition) is 6. The predicted octanol–water partition coefficient (Wildman–Crippen LogP) is 1.54. The first kappa shape index (κ1) is 16.5. The lowest BCUT2D eigenvalue weighted by molar-refractivity contribution is 0.191. The van der Waals surface area contributed by atoms with E-state index in [9.17, 15) is 0 Å². The molecule has 3 rings (SSSR count). The zero-order chi connectivity index (χ0) is 15.9. The fourth-order valence-corrected chi connectivity index (χ4v) is 3.18. The lowest BCUT2D eigenvalue weighted by atomic mass is 10.0. The largest absolute Gasteiger partial charge is 0.477 e. The summed E-state index contributed by atoms with van der Waals surface area (Å²) in [7, 11) is 0. The van der Waals surface area contributed by atoms with E-state index in [1.165, 1.54) is 25.7 Å². The fraction of sp³-hybridized carbons (Fsp3) is 0.765. The van der Waals surface area contributed by atoms with Crippen molar-refractivity contribution in [2.75, 3.05) is 39.4 Å². The van der Waals surface area contributed by atoms with Crippen molar-refractivity contribution >= 4 is 0 Å². The molecule has 23 heavy (non-hydrogen) atoms. The number of aryl methyl sites for hydroxylation is 1. The first-order valence-corrected chi connectivity index (χ1v) is 8.82. The molecule has 0 bridgehead atoms. The summed E-state index contributed by atoms with van der Waals surface area (Å²) in [4.78, 5) is 8.77. The Labute approximate surface area is 138 Å². The van der Waals surface area contributed by atoms with Crippen molar-refractivity contribution < 1.29 is 9.47 Å². The smallest absolute Gasteiger partial charge is 0.319 e. The van der Waals surface area contributed by atoms with Crippen LogP contribution in [0.5, 0.6) is 11.9 Å². The van der Waals surface area contributed by atoms with Crippen molar-refractivity contribution in [2.45, 2.75) is 32.6 Å². The summed E-state index contributed by atoms with van der Waals surface area (Å²) in [6, 6.07) is 2.32. The average molecular weight is 320 g/mol. The van der Waals surface area contributed by atoms with Gasteiger partial charge in [-0.15, -0.1) is 0 Å². The normalized spacial score (nSPS) is 25.1. The molecule has 0 amide bonds. The molecule has 2 aliphatic heterocycles. The summed E-state index contributed by atoms with van der Waals surface area (Å²) in [5.74, 6) is 1.74. The zero-order valence-corrected chi connectivity index (χ0v) is 14.0. The highest BCUT2D eigenvalue weighted by molar-refractivity contribution is 5.17. The van der Waals surface area contributed by atoms with Crippen LogP contribution in [-0.2, 0) is 0 Å². The van der Waals surface area contributed by atoms with Gasteiger partial charge in [0.2, 0.25) is 5.88 Å². The molecule has 0 aromatic carbocycles. The van der Waals surface area contributed by atoms with Crippen LogP contribution in [0.1, 0.15) is 31.4 Å². The third-order valence-corrected chi connectivity index (χ3v) is 4.52. The number of nitrogens with one attached hydrogen (secondary N) is 2. The van der Waals surface area contributed by atoms with Crippen molar-refractivity contribution in [1.82, 2.24) is 20.6 Å². The van der Waals surface area contributed by atoms with Crippen molar-refractivity contribution in [2.24, 2.45) is 11.8 Å². The molecule has 6 heteroatoms. The summed E-state index contributed by atoms with van der Waals surface area (Å²) in [5.41, 5.74) is 0.883. The molecule has 2 fully saturated rings. The van der Waals surface area contributed by atoms with Crippen molar-refractivity contribution in [3.05, 3.63) is 11.8 Å². The summed E-state index contributed by atoms with van der Waals surface area (Å²) in [6.45, 7) is 7.61. The zero-order valence-electron chi connectivity index (χ0n) is 14.0. The van der Waals surface area contributed by atoms with Gasteiger partial charge in [0.1, 0.15) is 0 Å². The number of hydrogen-bond donors (Lipinski definition) is 2. The van der Waals surface area contributed by atoms with Crippen LogP contribution in [0.4, 0.5) is 0 Å². The molecule has 2 saturated heterocycles. The predicted molar refractivity (Wildman–Crippen MR) is 88.9 cm³/mol. The monoisotopic (exact) mass is 320 g/mol. The first-order chi connectivity index (χ1) is 11.3. The molecule has 128 valence electrons. The topological polar surface area (TPSA) is 68.3 Å². The van der Waals surface area contributed by atoms with E-state index in [0.717, 1.165) is 31.9 Å². The first-order valence-electron chi connectivity index (χ1n) is 8.82. The van der Waals surface area contributed by atoms with Gasteiger partial charge in [0.15, 0.2) is 0 Å². The van der Waals surface area contributed by atoms with E-state index in [1.807, 2.05) is 13.0 Å². The molecule has 2 aliphatic rings. The second-order valence-electron chi connectivity index (χ2n) is 6.68. The summed E-state index contributed by atoms with van der Waals surface area (Å²) >= 11 is 0. The SMILES string of the molecule is Cc1cc(OC[C@H]2CCCNC2)nc(OC[C@H]2CCCNC2)n1. The summed E-state index contributed by atoms with van der Waals surface area (Å²) in [6.07, 6.45) is 4.86. The molecule has 3 heterocycles. The maximum Gasteiger partial charge on any atom is 0.319 e. The van der Waals surface area contributed by atoms with Gasteiger partial charge in [-0.1, -0.05) is 0 Å². The molecule has 2 N–H and O–H groups in total. The van der Waals surface area contributed by atoms with Gasteiger partial charge in [-0.2, -0.15) is 4.98 Å². The third kappa shape index (κ3) is 5.32. The third-order valence-electron chi connectivity index (χ3n) is 4.52. The van der Waals surface area contributed by atoms with E-state index < -0.39 is 0 Å². The van der Waals surface area contributed by atoms with Crippen molar-refractivity contribution in [3.8, 4) is 11.9 Å². The Morgan fingerprint density at radius 2 is 1.65 bits per heavy atom. The summed E-state index contributed by atoms with van der Waals surface area (Å²) in [5, 5.41) is 6.81. The molecular weight excluding hydrogens is 292 g/mol. The Kier molecular flexibility index (Phi) is 6.05. The standard InChI is InChI=1S/C17H28N4O2/c1-13-8-16(22-11-14-4-2-6-18-9-14)21-17(20-13)23-12-15-5-3-7-19-10-15/h8,14-15,18-19H,2-7,9-12H2,1H3/t14-,15-/m0/s1. The van der Waals surface area contributed by atoms with Crippen LogP contribution in [0.2, 0.25) is 0 Å². The minimum absolute atomic E-state index is 0.437. The molecular formula is C17H28N4O2. The van der Waals surface area contributed by atoms with Crippen molar-refractivity contribution in [3.63, 3.8) is 0 Å². The highest BCUT2D eigenvalue weighted by Gasteiger charge is 2.16. The van der Waals surface area contributed by atoms with Gasteiger partial charge < -0.3 is 20.1 Å². The van der Waals surface area contributed by atoms with Crippen LogP contribution in [0.3, 0.4) is 0 Å². The second kappa shape index (κ2) is 8.45. The van der Waals surface area contributed by atoms with Crippen LogP contribution < -0.4 is 20.1 Å². The van der Waals surface area contributed by atoms with Gasteiger partial charge in [0.05, 0.1) is 13.2 Å². The van der Waals surface area contributed by atoms with Gasteiger partial charge in [-0.05, 0) is 45.7 Å². The molecule has 0 aliphatic carbocycles. The van der Waals surface area contributed by atoms with Crippen LogP contribution in [0.15, 0.2) is 6.07 Å². The Bertz CT molecular complexity index is 445. The molecule has 1 aromatic rings. The van der Waals surface area contributed by atoms with E-state index in [0.29, 0.717) is 36.9 Å². The molecule has 6 nitrogen and oxygen atoms in total. The number of piperidine rings is 2. The fourth-order valence-electron chi connectivity index (χ4n) is 3.18. The molecule has 2 atom stereocenters. The van der Waals surface area contributed by atoms with E-state index in [1.54, 1.807) is 0 Å². The number of nitrogens with zero attached hydrogens (tertiary/aromatic N) is 2. The van der Waals surface area contributed by atoms with Crippen LogP contribution >= 0.6 is 0 Å². The Hall–Kier alpha value is -1.40. The number of rotatable bonds is 6. The van der Waals surface area contributed by atoms with Gasteiger partial charge in [0.25, 0.3) is 0 Å². The Morgan fingerprint density at radius 3 is 2.26 bits per heavy atom. The highest BCUT2D eigenvalue weighted by atomic mass is 16.5. The van der Waals surface area contributed by atoms with Gasteiger partial charge in [-0.3, -0.25) is 0 Å². The number of aromatic nitrogens is 2. The minimum Gasteiger partial charge on any atom is -0.477 e. The average Bonchev–Trinajstić information content (AvgIpc) is 2.60. The number of ether oxygens (including phenoxy) is 2. The summed E-state index contributed by atoms with van der Waals surface area (Å²) < 4.78 is 11.7. The molecule has 0 saturated carbocycles. The maximum absolute atomic E-state index is 5.88. The maximum atomic E-state index is 5.88. The van der Waals surface area contributed by atoms with Crippen LogP contribution in [-0.4, -0.2) is 49.4 Å². The lowest BCUT2D eigenvalue weighted by Gasteiger charge is -2.23. The molecule has 0 unspecified atom stereocenters. The molecule has 0 radical (unpaired) electrons. The van der Waals surface area contributed by atoms with Crippen LogP contribution in [0, 0.1) is 18.8 Å². The van der Waals surface area contributed by atoms with Crippen LogP contribution in [0.25, 0.3) is 0 Å². The van der Waals surface area contributed by atoms with Gasteiger partial charge in [0, 0.05) is 36.7 Å². The van der Waals surface area contributed by atoms with Gasteiger partial charge in [-0.25, -0.2) is 4.98 Å². The quantitative estimate of drug-likeness (QED) is 0.829. The second-order valence-corrected chi connectivity index (χ2v) is 6.68. The van der Waals surface area contributed by atoms with E-state index >= 15 is 0 Å². The van der Waals surface area contributed by atoms with E-state index in [-0.39, 0.29) is 0 Å². The minimum atomic E-state index is 0.437. The Morgan fingerprint density at radius 1 is 1.00 bits per heavy atom. The van der Waals surface area contributed by atoms with Gasteiger partial charge >= 0.3 is 6.01 Å². The molecule has 0 spiro atoms. The lowest BCUT2D eigenvalue weighted by Crippen LogP contribution is -2.33. The Balaban J connectivity index is 1.50.